The zero-order valence-electron chi connectivity index (χ0n) is 13.0. The third kappa shape index (κ3) is 3.61. The third-order valence-electron chi connectivity index (χ3n) is 4.55. The average Bonchev–Trinajstić information content (AvgIpc) is 2.94. The Hall–Kier alpha value is -0.990. The van der Waals surface area contributed by atoms with Crippen LogP contribution < -0.4 is 5.32 Å². The summed E-state index contributed by atoms with van der Waals surface area (Å²) in [6, 6.07) is 16.6. The lowest BCUT2D eigenvalue weighted by Crippen LogP contribution is -2.29. The molecule has 1 saturated carbocycles. The number of rotatable bonds is 5. The minimum Gasteiger partial charge on any atom is -0.307 e. The number of hydrogen-bond donors (Lipinski definition) is 1. The fourth-order valence-electron chi connectivity index (χ4n) is 3.41. The van der Waals surface area contributed by atoms with E-state index in [0.29, 0.717) is 12.1 Å². The van der Waals surface area contributed by atoms with Gasteiger partial charge in [-0.15, -0.1) is 0 Å². The van der Waals surface area contributed by atoms with Gasteiger partial charge in [0.1, 0.15) is 0 Å². The van der Waals surface area contributed by atoms with Crippen molar-refractivity contribution in [3.8, 4) is 0 Å². The molecule has 0 saturated heterocycles. The van der Waals surface area contributed by atoms with E-state index in [0.717, 1.165) is 5.25 Å². The average molecular weight is 299 g/mol. The van der Waals surface area contributed by atoms with E-state index in [4.69, 9.17) is 0 Å². The van der Waals surface area contributed by atoms with E-state index < -0.39 is 0 Å². The summed E-state index contributed by atoms with van der Waals surface area (Å²) in [5.74, 6) is 1.25. The Kier molecular flexibility index (Phi) is 4.87. The zero-order valence-corrected chi connectivity index (χ0v) is 13.8. The Bertz CT molecular complexity index is 595. The molecule has 1 aliphatic carbocycles. The Labute approximate surface area is 132 Å². The highest BCUT2D eigenvalue weighted by Crippen LogP contribution is 2.31. The van der Waals surface area contributed by atoms with Gasteiger partial charge in [0.15, 0.2) is 0 Å². The molecule has 1 aliphatic rings. The second-order valence-corrected chi connectivity index (χ2v) is 7.66. The monoisotopic (exact) mass is 299 g/mol. The molecule has 0 spiro atoms. The molecule has 3 unspecified atom stereocenters. The van der Waals surface area contributed by atoms with Crippen molar-refractivity contribution in [3.05, 3.63) is 48.0 Å². The van der Waals surface area contributed by atoms with E-state index in [-0.39, 0.29) is 0 Å². The van der Waals surface area contributed by atoms with Crippen LogP contribution in [0.15, 0.2) is 42.5 Å². The van der Waals surface area contributed by atoms with Crippen molar-refractivity contribution in [2.45, 2.75) is 50.4 Å². The molecule has 3 atom stereocenters. The summed E-state index contributed by atoms with van der Waals surface area (Å²) in [6.07, 6.45) is 4.03. The first-order chi connectivity index (χ1) is 10.3. The van der Waals surface area contributed by atoms with Gasteiger partial charge >= 0.3 is 0 Å². The van der Waals surface area contributed by atoms with Gasteiger partial charge in [-0.2, -0.15) is 11.8 Å². The van der Waals surface area contributed by atoms with Gasteiger partial charge in [0.25, 0.3) is 0 Å². The maximum absolute atomic E-state index is 3.83. The normalized spacial score (nSPS) is 23.5. The van der Waals surface area contributed by atoms with Gasteiger partial charge < -0.3 is 5.32 Å². The second kappa shape index (κ2) is 6.85. The van der Waals surface area contributed by atoms with Crippen LogP contribution in [0.2, 0.25) is 0 Å². The zero-order chi connectivity index (χ0) is 14.7. The van der Waals surface area contributed by atoms with Gasteiger partial charge in [-0.25, -0.2) is 0 Å². The molecule has 1 fully saturated rings. The van der Waals surface area contributed by atoms with Crippen molar-refractivity contribution in [3.63, 3.8) is 0 Å². The van der Waals surface area contributed by atoms with Gasteiger partial charge in [-0.05, 0) is 54.3 Å². The predicted molar refractivity (Wildman–Crippen MR) is 95.1 cm³/mol. The van der Waals surface area contributed by atoms with Crippen LogP contribution in [0.3, 0.4) is 0 Å². The highest BCUT2D eigenvalue weighted by molar-refractivity contribution is 7.99. The standard InChI is InChI=1S/C19H25NS/c1-3-21-19-11-10-18(13-19)20-14(2)16-9-8-15-6-4-5-7-17(15)12-16/h4-9,12,14,18-20H,3,10-11,13H2,1-2H3. The van der Waals surface area contributed by atoms with Crippen LogP contribution in [0.25, 0.3) is 10.8 Å². The number of benzene rings is 2. The molecule has 2 aromatic rings. The van der Waals surface area contributed by atoms with Crippen LogP contribution in [0.5, 0.6) is 0 Å². The lowest BCUT2D eigenvalue weighted by molar-refractivity contribution is 0.462. The maximum atomic E-state index is 3.83. The smallest absolute Gasteiger partial charge is 0.0294 e. The SMILES string of the molecule is CCSC1CCC(NC(C)c2ccc3ccccc3c2)C1. The van der Waals surface area contributed by atoms with Crippen LogP contribution in [-0.4, -0.2) is 17.0 Å². The van der Waals surface area contributed by atoms with Gasteiger partial charge in [0, 0.05) is 17.3 Å². The molecule has 2 heteroatoms. The second-order valence-electron chi connectivity index (χ2n) is 6.08. The maximum Gasteiger partial charge on any atom is 0.0294 e. The fraction of sp³-hybridized carbons (Fsp3) is 0.474. The summed E-state index contributed by atoms with van der Waals surface area (Å²) in [5.41, 5.74) is 1.40. The van der Waals surface area contributed by atoms with Gasteiger partial charge in [0.05, 0.1) is 0 Å². The fourth-order valence-corrected chi connectivity index (χ4v) is 4.55. The number of hydrogen-bond acceptors (Lipinski definition) is 2. The minimum absolute atomic E-state index is 0.435. The highest BCUT2D eigenvalue weighted by atomic mass is 32.2. The summed E-state index contributed by atoms with van der Waals surface area (Å²) < 4.78 is 0. The molecular formula is C19H25NS. The lowest BCUT2D eigenvalue weighted by atomic mass is 10.0. The molecular weight excluding hydrogens is 274 g/mol. The summed E-state index contributed by atoms with van der Waals surface area (Å²) in [7, 11) is 0. The summed E-state index contributed by atoms with van der Waals surface area (Å²) in [6.45, 7) is 4.56. The van der Waals surface area contributed by atoms with Crippen LogP contribution in [0, 0.1) is 0 Å². The molecule has 2 aromatic carbocycles. The van der Waals surface area contributed by atoms with Gasteiger partial charge in [-0.3, -0.25) is 0 Å². The quantitative estimate of drug-likeness (QED) is 0.818. The molecule has 1 N–H and O–H groups in total. The highest BCUT2D eigenvalue weighted by Gasteiger charge is 2.25. The van der Waals surface area contributed by atoms with E-state index in [2.05, 4.69) is 73.4 Å². The van der Waals surface area contributed by atoms with Gasteiger partial charge in [0.2, 0.25) is 0 Å². The largest absolute Gasteiger partial charge is 0.307 e. The molecule has 112 valence electrons. The van der Waals surface area contributed by atoms with Crippen molar-refractivity contribution in [1.82, 2.24) is 5.32 Å². The molecule has 21 heavy (non-hydrogen) atoms. The number of fused-ring (bicyclic) bond motifs is 1. The summed E-state index contributed by atoms with van der Waals surface area (Å²) >= 11 is 2.13. The lowest BCUT2D eigenvalue weighted by Gasteiger charge is -2.20. The first kappa shape index (κ1) is 14.9. The van der Waals surface area contributed by atoms with Crippen molar-refractivity contribution in [2.75, 3.05) is 5.75 Å². The van der Waals surface area contributed by atoms with Crippen molar-refractivity contribution in [1.29, 1.82) is 0 Å². The predicted octanol–water partition coefficient (Wildman–Crippen LogP) is 5.16. The minimum atomic E-state index is 0.435. The Morgan fingerprint density at radius 3 is 2.76 bits per heavy atom. The summed E-state index contributed by atoms with van der Waals surface area (Å²) in [5, 5.41) is 7.38. The number of thioether (sulfide) groups is 1. The first-order valence-corrected chi connectivity index (χ1v) is 9.17. The van der Waals surface area contributed by atoms with Crippen LogP contribution in [-0.2, 0) is 0 Å². The van der Waals surface area contributed by atoms with Gasteiger partial charge in [-0.1, -0.05) is 43.3 Å². The van der Waals surface area contributed by atoms with Crippen LogP contribution in [0.1, 0.15) is 44.7 Å². The molecule has 0 aromatic heterocycles. The van der Waals surface area contributed by atoms with Crippen molar-refractivity contribution < 1.29 is 0 Å². The van der Waals surface area contributed by atoms with Crippen LogP contribution in [0.4, 0.5) is 0 Å². The number of nitrogens with one attached hydrogen (secondary N) is 1. The Balaban J connectivity index is 1.65. The molecule has 0 bridgehead atoms. The van der Waals surface area contributed by atoms with E-state index in [1.165, 1.54) is 41.4 Å². The Morgan fingerprint density at radius 2 is 1.95 bits per heavy atom. The van der Waals surface area contributed by atoms with E-state index in [1.807, 2.05) is 0 Å². The van der Waals surface area contributed by atoms with Crippen molar-refractivity contribution in [2.24, 2.45) is 0 Å². The first-order valence-electron chi connectivity index (χ1n) is 8.12. The molecule has 0 aliphatic heterocycles. The topological polar surface area (TPSA) is 12.0 Å². The Morgan fingerprint density at radius 1 is 1.14 bits per heavy atom. The van der Waals surface area contributed by atoms with Crippen LogP contribution >= 0.6 is 11.8 Å². The van der Waals surface area contributed by atoms with E-state index in [1.54, 1.807) is 0 Å². The molecule has 0 radical (unpaired) electrons. The molecule has 1 nitrogen and oxygen atoms in total. The summed E-state index contributed by atoms with van der Waals surface area (Å²) in [4.78, 5) is 0. The molecule has 3 rings (SSSR count). The molecule has 0 heterocycles. The van der Waals surface area contributed by atoms with Crippen molar-refractivity contribution >= 4 is 22.5 Å². The van der Waals surface area contributed by atoms with E-state index in [9.17, 15) is 0 Å². The third-order valence-corrected chi connectivity index (χ3v) is 5.78. The van der Waals surface area contributed by atoms with E-state index >= 15 is 0 Å². The molecule has 0 amide bonds.